The Hall–Kier alpha value is -0.590. The molecule has 0 amide bonds. The summed E-state index contributed by atoms with van der Waals surface area (Å²) >= 11 is 0. The van der Waals surface area contributed by atoms with E-state index in [9.17, 15) is 10.4 Å². The number of rotatable bonds is 3. The van der Waals surface area contributed by atoms with Crippen molar-refractivity contribution in [2.24, 2.45) is 5.41 Å². The molecule has 92 valence electrons. The zero-order valence-corrected chi connectivity index (χ0v) is 10.6. The summed E-state index contributed by atoms with van der Waals surface area (Å²) in [5, 5.41) is 20.1. The van der Waals surface area contributed by atoms with Gasteiger partial charge in [-0.25, -0.2) is 0 Å². The van der Waals surface area contributed by atoms with E-state index in [1.54, 1.807) is 14.0 Å². The molecule has 0 spiro atoms. The van der Waals surface area contributed by atoms with Gasteiger partial charge in [-0.15, -0.1) is 0 Å². The van der Waals surface area contributed by atoms with Gasteiger partial charge in [-0.1, -0.05) is 25.7 Å². The van der Waals surface area contributed by atoms with Gasteiger partial charge in [0.15, 0.2) is 0 Å². The van der Waals surface area contributed by atoms with Gasteiger partial charge < -0.3 is 9.84 Å². The lowest BCUT2D eigenvalue weighted by Gasteiger charge is -2.43. The van der Waals surface area contributed by atoms with Gasteiger partial charge in [0.1, 0.15) is 5.60 Å². The van der Waals surface area contributed by atoms with Crippen LogP contribution in [0.5, 0.6) is 0 Å². The van der Waals surface area contributed by atoms with Crippen molar-refractivity contribution in [1.29, 1.82) is 5.26 Å². The summed E-state index contributed by atoms with van der Waals surface area (Å²) in [6.07, 6.45) is 5.64. The zero-order chi connectivity index (χ0) is 12.2. The van der Waals surface area contributed by atoms with Crippen molar-refractivity contribution >= 4 is 0 Å². The molecule has 0 aliphatic heterocycles. The first-order valence-electron chi connectivity index (χ1n) is 6.16. The molecule has 1 aliphatic carbocycles. The van der Waals surface area contributed by atoms with E-state index in [0.717, 1.165) is 25.7 Å². The third-order valence-corrected chi connectivity index (χ3v) is 4.29. The van der Waals surface area contributed by atoms with Crippen molar-refractivity contribution in [1.82, 2.24) is 0 Å². The smallest absolute Gasteiger partial charge is 0.106 e. The number of hydrogen-bond acceptors (Lipinski definition) is 3. The minimum absolute atomic E-state index is 0.315. The highest BCUT2D eigenvalue weighted by Crippen LogP contribution is 2.45. The van der Waals surface area contributed by atoms with E-state index in [1.165, 1.54) is 12.8 Å². The monoisotopic (exact) mass is 225 g/mol. The van der Waals surface area contributed by atoms with Crippen molar-refractivity contribution in [3.05, 3.63) is 0 Å². The summed E-state index contributed by atoms with van der Waals surface area (Å²) in [4.78, 5) is 0. The quantitative estimate of drug-likeness (QED) is 0.751. The van der Waals surface area contributed by atoms with Crippen LogP contribution in [-0.2, 0) is 4.74 Å². The van der Waals surface area contributed by atoms with E-state index in [4.69, 9.17) is 4.74 Å². The molecule has 1 fully saturated rings. The van der Waals surface area contributed by atoms with Gasteiger partial charge in [-0.3, -0.25) is 0 Å². The Morgan fingerprint density at radius 3 is 2.19 bits per heavy atom. The van der Waals surface area contributed by atoms with Crippen LogP contribution in [0.15, 0.2) is 0 Å². The fraction of sp³-hybridized carbons (Fsp3) is 0.923. The van der Waals surface area contributed by atoms with Crippen LogP contribution in [0.1, 0.15) is 52.4 Å². The molecule has 0 bridgehead atoms. The normalized spacial score (nSPS) is 26.2. The molecule has 3 heteroatoms. The van der Waals surface area contributed by atoms with Crippen LogP contribution in [0, 0.1) is 16.7 Å². The van der Waals surface area contributed by atoms with E-state index in [0.29, 0.717) is 0 Å². The summed E-state index contributed by atoms with van der Waals surface area (Å²) in [6.45, 7) is 3.58. The highest BCUT2D eigenvalue weighted by molar-refractivity contribution is 5.12. The summed E-state index contributed by atoms with van der Waals surface area (Å²) in [5.74, 6) is 0. The van der Waals surface area contributed by atoms with E-state index < -0.39 is 11.0 Å². The van der Waals surface area contributed by atoms with Crippen LogP contribution < -0.4 is 0 Å². The first-order chi connectivity index (χ1) is 7.50. The van der Waals surface area contributed by atoms with Crippen LogP contribution >= 0.6 is 0 Å². The number of nitrogens with zero attached hydrogens (tertiary/aromatic N) is 1. The van der Waals surface area contributed by atoms with E-state index in [2.05, 4.69) is 6.07 Å². The van der Waals surface area contributed by atoms with Crippen molar-refractivity contribution < 1.29 is 9.84 Å². The summed E-state index contributed by atoms with van der Waals surface area (Å²) in [5.41, 5.74) is -1.71. The van der Waals surface area contributed by atoms with E-state index in [1.807, 2.05) is 6.92 Å². The molecular weight excluding hydrogens is 202 g/mol. The third-order valence-electron chi connectivity index (χ3n) is 4.29. The van der Waals surface area contributed by atoms with E-state index in [-0.39, 0.29) is 6.10 Å². The van der Waals surface area contributed by atoms with Gasteiger partial charge in [-0.05, 0) is 26.7 Å². The lowest BCUT2D eigenvalue weighted by atomic mass is 9.66. The second-order valence-corrected chi connectivity index (χ2v) is 5.13. The maximum Gasteiger partial charge on any atom is 0.106 e. The fourth-order valence-corrected chi connectivity index (χ4v) is 2.68. The van der Waals surface area contributed by atoms with Gasteiger partial charge in [-0.2, -0.15) is 5.26 Å². The molecule has 0 saturated heterocycles. The van der Waals surface area contributed by atoms with E-state index >= 15 is 0 Å². The number of nitriles is 1. The largest absolute Gasteiger partial charge is 0.386 e. The van der Waals surface area contributed by atoms with Crippen molar-refractivity contribution in [3.63, 3.8) is 0 Å². The molecular formula is C13H23NO2. The summed E-state index contributed by atoms with van der Waals surface area (Å²) in [6, 6.07) is 2.38. The number of aliphatic hydroxyl groups is 1. The minimum atomic E-state index is -1.07. The Bertz CT molecular complexity index is 260. The minimum Gasteiger partial charge on any atom is -0.386 e. The Labute approximate surface area is 98.4 Å². The summed E-state index contributed by atoms with van der Waals surface area (Å²) in [7, 11) is 1.58. The standard InChI is InChI=1S/C13H23NO2/c1-11(16-3)12(2,15)13(10-14)8-6-4-5-7-9-13/h11,15H,4-9H2,1-3H3. The molecule has 16 heavy (non-hydrogen) atoms. The highest BCUT2D eigenvalue weighted by Gasteiger charge is 2.50. The third kappa shape index (κ3) is 2.23. The Morgan fingerprint density at radius 2 is 1.81 bits per heavy atom. The fourth-order valence-electron chi connectivity index (χ4n) is 2.68. The molecule has 2 unspecified atom stereocenters. The predicted octanol–water partition coefficient (Wildman–Crippen LogP) is 2.64. The van der Waals surface area contributed by atoms with Crippen LogP contribution in [0.3, 0.4) is 0 Å². The molecule has 0 aromatic rings. The average Bonchev–Trinajstić information content (AvgIpc) is 2.53. The highest BCUT2D eigenvalue weighted by atomic mass is 16.5. The van der Waals surface area contributed by atoms with Crippen LogP contribution in [-0.4, -0.2) is 23.9 Å². The molecule has 0 aromatic carbocycles. The second-order valence-electron chi connectivity index (χ2n) is 5.13. The molecule has 1 rings (SSSR count). The van der Waals surface area contributed by atoms with Gasteiger partial charge >= 0.3 is 0 Å². The maximum absolute atomic E-state index is 10.6. The Kier molecular flexibility index (Phi) is 4.35. The number of ether oxygens (including phenoxy) is 1. The average molecular weight is 225 g/mol. The molecule has 2 atom stereocenters. The predicted molar refractivity (Wildman–Crippen MR) is 62.8 cm³/mol. The maximum atomic E-state index is 10.6. The van der Waals surface area contributed by atoms with Crippen molar-refractivity contribution in [2.75, 3.05) is 7.11 Å². The molecule has 1 saturated carbocycles. The van der Waals surface area contributed by atoms with Gasteiger partial charge in [0.05, 0.1) is 17.6 Å². The second kappa shape index (κ2) is 5.16. The van der Waals surface area contributed by atoms with Crippen molar-refractivity contribution in [3.8, 4) is 6.07 Å². The SMILES string of the molecule is COC(C)C(C)(O)C1(C#N)CCCCCC1. The summed E-state index contributed by atoms with van der Waals surface area (Å²) < 4.78 is 5.23. The number of methoxy groups -OCH3 is 1. The Morgan fingerprint density at radius 1 is 1.31 bits per heavy atom. The first-order valence-corrected chi connectivity index (χ1v) is 6.16. The zero-order valence-electron chi connectivity index (χ0n) is 10.6. The molecule has 0 radical (unpaired) electrons. The topological polar surface area (TPSA) is 53.2 Å². The lowest BCUT2D eigenvalue weighted by molar-refractivity contribution is -0.137. The van der Waals surface area contributed by atoms with Crippen LogP contribution in [0.4, 0.5) is 0 Å². The first kappa shape index (κ1) is 13.5. The molecule has 0 aromatic heterocycles. The van der Waals surface area contributed by atoms with Crippen molar-refractivity contribution in [2.45, 2.75) is 64.1 Å². The molecule has 1 N–H and O–H groups in total. The van der Waals surface area contributed by atoms with Gasteiger partial charge in [0.25, 0.3) is 0 Å². The lowest BCUT2D eigenvalue weighted by Crippen LogP contribution is -2.53. The Balaban J connectivity index is 2.97. The van der Waals surface area contributed by atoms with Gasteiger partial charge in [0.2, 0.25) is 0 Å². The van der Waals surface area contributed by atoms with Crippen LogP contribution in [0.2, 0.25) is 0 Å². The van der Waals surface area contributed by atoms with Crippen LogP contribution in [0.25, 0.3) is 0 Å². The molecule has 3 nitrogen and oxygen atoms in total. The molecule has 1 aliphatic rings. The molecule has 0 heterocycles. The van der Waals surface area contributed by atoms with Gasteiger partial charge in [0, 0.05) is 7.11 Å². The number of hydrogen-bond donors (Lipinski definition) is 1.